The first-order valence-corrected chi connectivity index (χ1v) is 8.46. The van der Waals surface area contributed by atoms with Crippen molar-refractivity contribution >= 4 is 6.09 Å². The second-order valence-electron chi connectivity index (χ2n) is 7.08. The number of nitrogens with zero attached hydrogens (tertiary/aromatic N) is 2. The molecule has 138 valence electrons. The average Bonchev–Trinajstić information content (AvgIpc) is 2.59. The topological polar surface area (TPSA) is 82.6 Å². The molecule has 1 atom stereocenters. The molecule has 0 radical (unpaired) electrons. The molecule has 1 unspecified atom stereocenters. The van der Waals surface area contributed by atoms with Gasteiger partial charge in [0.15, 0.2) is 0 Å². The van der Waals surface area contributed by atoms with E-state index in [1.165, 1.54) is 0 Å². The van der Waals surface area contributed by atoms with Crippen molar-refractivity contribution in [3.63, 3.8) is 0 Å². The Hall–Kier alpha value is -2.83. The fourth-order valence-electron chi connectivity index (χ4n) is 2.77. The Bertz CT molecular complexity index is 784. The lowest BCUT2D eigenvalue weighted by Crippen LogP contribution is -2.45. The van der Waals surface area contributed by atoms with Crippen molar-refractivity contribution in [2.24, 2.45) is 0 Å². The minimum absolute atomic E-state index is 0.176. The third-order valence-electron chi connectivity index (χ3n) is 3.86. The molecule has 0 saturated heterocycles. The van der Waals surface area contributed by atoms with E-state index in [2.05, 4.69) is 15.3 Å². The van der Waals surface area contributed by atoms with Crippen LogP contribution >= 0.6 is 0 Å². The van der Waals surface area contributed by atoms with Crippen LogP contribution in [0.3, 0.4) is 0 Å². The van der Waals surface area contributed by atoms with Crippen LogP contribution in [0.4, 0.5) is 4.79 Å². The highest BCUT2D eigenvalue weighted by atomic mass is 16.6. The first kappa shape index (κ1) is 18.0. The maximum Gasteiger partial charge on any atom is 0.408 e. The van der Waals surface area contributed by atoms with Gasteiger partial charge in [-0.1, -0.05) is 12.1 Å². The molecule has 26 heavy (non-hydrogen) atoms. The molecule has 3 rings (SSSR count). The van der Waals surface area contributed by atoms with E-state index >= 15 is 0 Å². The van der Waals surface area contributed by atoms with E-state index in [0.717, 1.165) is 22.6 Å². The molecule has 0 spiro atoms. The summed E-state index contributed by atoms with van der Waals surface area (Å²) in [6, 6.07) is 5.63. The molecule has 1 aromatic heterocycles. The van der Waals surface area contributed by atoms with Crippen LogP contribution in [-0.4, -0.2) is 41.4 Å². The molecular weight excluding hydrogens is 334 g/mol. The number of amides is 1. The summed E-state index contributed by atoms with van der Waals surface area (Å²) < 4.78 is 16.2. The zero-order valence-electron chi connectivity index (χ0n) is 15.4. The van der Waals surface area contributed by atoms with E-state index in [9.17, 15) is 4.79 Å². The third-order valence-corrected chi connectivity index (χ3v) is 3.86. The lowest BCUT2D eigenvalue weighted by Gasteiger charge is -2.28. The molecule has 1 aliphatic rings. The highest BCUT2D eigenvalue weighted by molar-refractivity contribution is 5.70. The minimum atomic E-state index is -0.540. The van der Waals surface area contributed by atoms with Crippen molar-refractivity contribution in [1.29, 1.82) is 0 Å². The van der Waals surface area contributed by atoms with E-state index in [1.54, 1.807) is 19.5 Å². The molecule has 7 nitrogen and oxygen atoms in total. The van der Waals surface area contributed by atoms with Gasteiger partial charge in [0.1, 0.15) is 18.0 Å². The maximum absolute atomic E-state index is 12.0. The van der Waals surface area contributed by atoms with Crippen molar-refractivity contribution in [3.05, 3.63) is 36.2 Å². The number of carbonyl (C=O) groups excluding carboxylic acids is 1. The zero-order valence-corrected chi connectivity index (χ0v) is 15.4. The van der Waals surface area contributed by atoms with Crippen molar-refractivity contribution in [2.45, 2.75) is 38.8 Å². The normalized spacial score (nSPS) is 16.2. The molecule has 0 fully saturated rings. The molecule has 2 heterocycles. The smallest absolute Gasteiger partial charge is 0.408 e. The molecule has 0 aliphatic carbocycles. The molecule has 1 aliphatic heterocycles. The predicted molar refractivity (Wildman–Crippen MR) is 96.4 cm³/mol. The fourth-order valence-corrected chi connectivity index (χ4v) is 2.77. The van der Waals surface area contributed by atoms with Gasteiger partial charge in [-0.3, -0.25) is 0 Å². The van der Waals surface area contributed by atoms with Gasteiger partial charge >= 0.3 is 6.09 Å². The number of hydrogen-bond acceptors (Lipinski definition) is 6. The van der Waals surface area contributed by atoms with Gasteiger partial charge in [0.2, 0.25) is 5.88 Å². The van der Waals surface area contributed by atoms with Gasteiger partial charge in [-0.15, -0.1) is 0 Å². The number of methoxy groups -OCH3 is 1. The maximum atomic E-state index is 12.0. The van der Waals surface area contributed by atoms with Crippen molar-refractivity contribution in [2.75, 3.05) is 13.7 Å². The molecule has 2 aromatic rings. The number of hydrogen-bond donors (Lipinski definition) is 1. The van der Waals surface area contributed by atoms with Crippen molar-refractivity contribution in [1.82, 2.24) is 15.3 Å². The molecule has 0 bridgehead atoms. The highest BCUT2D eigenvalue weighted by Crippen LogP contribution is 2.33. The molecule has 1 amide bonds. The van der Waals surface area contributed by atoms with Gasteiger partial charge in [0.25, 0.3) is 0 Å². The number of rotatable bonds is 3. The van der Waals surface area contributed by atoms with Gasteiger partial charge in [0, 0.05) is 17.5 Å². The van der Waals surface area contributed by atoms with E-state index in [0.29, 0.717) is 18.9 Å². The Kier molecular flexibility index (Phi) is 4.97. The van der Waals surface area contributed by atoms with E-state index in [1.807, 2.05) is 39.0 Å². The Morgan fingerprint density at radius 1 is 1.27 bits per heavy atom. The van der Waals surface area contributed by atoms with E-state index < -0.39 is 11.7 Å². The number of aromatic nitrogens is 2. The van der Waals surface area contributed by atoms with Crippen LogP contribution in [0.2, 0.25) is 0 Å². The molecule has 7 heteroatoms. The quantitative estimate of drug-likeness (QED) is 0.909. The number of fused-ring (bicyclic) bond motifs is 1. The Labute approximate surface area is 152 Å². The molecule has 1 aromatic carbocycles. The number of ether oxygens (including phenoxy) is 3. The first-order chi connectivity index (χ1) is 12.4. The summed E-state index contributed by atoms with van der Waals surface area (Å²) in [5.41, 5.74) is 2.10. The van der Waals surface area contributed by atoms with Crippen LogP contribution in [0.15, 0.2) is 30.6 Å². The number of benzene rings is 1. The van der Waals surface area contributed by atoms with Gasteiger partial charge in [-0.25, -0.2) is 14.8 Å². The van der Waals surface area contributed by atoms with Crippen LogP contribution in [0.5, 0.6) is 11.6 Å². The minimum Gasteiger partial charge on any atom is -0.491 e. The summed E-state index contributed by atoms with van der Waals surface area (Å²) in [4.78, 5) is 20.7. The number of nitrogens with one attached hydrogen (secondary N) is 1. The lowest BCUT2D eigenvalue weighted by atomic mass is 9.95. The summed E-state index contributed by atoms with van der Waals surface area (Å²) in [6.07, 6.45) is 3.42. The van der Waals surface area contributed by atoms with Crippen molar-refractivity contribution in [3.8, 4) is 22.9 Å². The SMILES string of the molecule is COc1cnc(-c2cccc3c2CC(NC(=O)OC(C)(C)C)CO3)cn1. The van der Waals surface area contributed by atoms with Gasteiger partial charge in [0.05, 0.1) is 31.2 Å². The summed E-state index contributed by atoms with van der Waals surface area (Å²) in [5.74, 6) is 1.25. The highest BCUT2D eigenvalue weighted by Gasteiger charge is 2.26. The van der Waals surface area contributed by atoms with E-state index in [-0.39, 0.29) is 6.04 Å². The average molecular weight is 357 g/mol. The zero-order chi connectivity index (χ0) is 18.7. The van der Waals surface area contributed by atoms with Crippen LogP contribution in [0, 0.1) is 0 Å². The second kappa shape index (κ2) is 7.19. The summed E-state index contributed by atoms with van der Waals surface area (Å²) in [5, 5.41) is 2.87. The van der Waals surface area contributed by atoms with E-state index in [4.69, 9.17) is 14.2 Å². The Morgan fingerprint density at radius 3 is 2.73 bits per heavy atom. The molecule has 0 saturated carbocycles. The standard InChI is InChI=1S/C19H23N3O4/c1-19(2,3)26-18(23)22-12-8-14-13(6-5-7-16(14)25-11-12)15-9-21-17(24-4)10-20-15/h5-7,9-10,12H,8,11H2,1-4H3,(H,22,23). The summed E-state index contributed by atoms with van der Waals surface area (Å²) in [6.45, 7) is 5.89. The number of carbonyl (C=O) groups is 1. The van der Waals surface area contributed by atoms with Gasteiger partial charge in [-0.05, 0) is 26.8 Å². The van der Waals surface area contributed by atoms with Crippen LogP contribution < -0.4 is 14.8 Å². The summed E-state index contributed by atoms with van der Waals surface area (Å²) in [7, 11) is 1.55. The Morgan fingerprint density at radius 2 is 2.08 bits per heavy atom. The largest absolute Gasteiger partial charge is 0.491 e. The Balaban J connectivity index is 1.80. The second-order valence-corrected chi connectivity index (χ2v) is 7.08. The third kappa shape index (κ3) is 4.22. The molecular formula is C19H23N3O4. The van der Waals surface area contributed by atoms with Crippen LogP contribution in [-0.2, 0) is 11.2 Å². The monoisotopic (exact) mass is 357 g/mol. The fraction of sp³-hybridized carbons (Fsp3) is 0.421. The van der Waals surface area contributed by atoms with Gasteiger partial charge in [-0.2, -0.15) is 0 Å². The van der Waals surface area contributed by atoms with Crippen molar-refractivity contribution < 1.29 is 19.0 Å². The van der Waals surface area contributed by atoms with Crippen LogP contribution in [0.1, 0.15) is 26.3 Å². The summed E-state index contributed by atoms with van der Waals surface area (Å²) >= 11 is 0. The molecule has 1 N–H and O–H groups in total. The van der Waals surface area contributed by atoms with Gasteiger partial charge < -0.3 is 19.5 Å². The number of alkyl carbamates (subject to hydrolysis) is 1. The predicted octanol–water partition coefficient (Wildman–Crippen LogP) is 2.98. The lowest BCUT2D eigenvalue weighted by molar-refractivity contribution is 0.0482. The van der Waals surface area contributed by atoms with Crippen LogP contribution in [0.25, 0.3) is 11.3 Å². The first-order valence-electron chi connectivity index (χ1n) is 8.46.